The second-order valence-corrected chi connectivity index (χ2v) is 9.52. The van der Waals surface area contributed by atoms with Crippen molar-refractivity contribution >= 4 is 28.0 Å². The Morgan fingerprint density at radius 2 is 0.809 bits per heavy atom. The average molecular weight is 634 g/mol. The molecule has 0 bridgehead atoms. The van der Waals surface area contributed by atoms with Crippen molar-refractivity contribution in [1.29, 1.82) is 0 Å². The van der Waals surface area contributed by atoms with Gasteiger partial charge >= 0.3 is 0 Å². The first kappa shape index (κ1) is 10.7. The lowest BCUT2D eigenvalue weighted by Crippen LogP contribution is -2.09. The Balaban J connectivity index is 1.51. The van der Waals surface area contributed by atoms with Crippen molar-refractivity contribution in [2.45, 2.75) is 6.92 Å². The maximum atomic E-state index is 9.51. The Hall–Kier alpha value is -6.12. The minimum absolute atomic E-state index is 0.0577. The summed E-state index contributed by atoms with van der Waals surface area (Å²) in [5.74, 6) is -0.458. The van der Waals surface area contributed by atoms with Crippen LogP contribution in [0.3, 0.4) is 0 Å². The maximum absolute atomic E-state index is 9.51. The second kappa shape index (κ2) is 12.3. The van der Waals surface area contributed by atoms with Gasteiger partial charge in [0.25, 0.3) is 0 Å². The highest BCUT2D eigenvalue weighted by atomic mass is 16.3. The molecule has 2 nitrogen and oxygen atoms in total. The number of rotatable bonds is 7. The van der Waals surface area contributed by atoms with Crippen molar-refractivity contribution in [2.24, 2.45) is 0 Å². The minimum Gasteiger partial charge on any atom is -0.456 e. The number of benzene rings is 7. The van der Waals surface area contributed by atoms with Crippen LogP contribution in [0.15, 0.2) is 186 Å². The normalized spacial score (nSPS) is 20.0. The van der Waals surface area contributed by atoms with E-state index in [9.17, 15) is 12.3 Å². The van der Waals surface area contributed by atoms with E-state index >= 15 is 0 Å². The van der Waals surface area contributed by atoms with Crippen LogP contribution in [-0.2, 0) is 0 Å². The van der Waals surface area contributed by atoms with Crippen LogP contribution < -0.4 is 4.90 Å². The highest BCUT2D eigenvalue weighted by Gasteiger charge is 2.15. The first-order chi connectivity index (χ1) is 35.7. The summed E-state index contributed by atoms with van der Waals surface area (Å²) in [6.45, 7) is 1.32. The molecule has 0 atom stereocenters. The molecule has 47 heavy (non-hydrogen) atoms. The van der Waals surface area contributed by atoms with Gasteiger partial charge in [0, 0.05) is 33.6 Å². The monoisotopic (exact) mass is 633 g/mol. The summed E-state index contributed by atoms with van der Waals surface area (Å²) in [5, 5.41) is -0.174. The molecule has 0 N–H and O–H groups in total. The van der Waals surface area contributed by atoms with Crippen LogP contribution >= 0.6 is 0 Å². The summed E-state index contributed by atoms with van der Waals surface area (Å²) in [6, 6.07) is -30.5. The van der Waals surface area contributed by atoms with E-state index in [-0.39, 0.29) is 15.8 Å². The molecule has 0 unspecified atom stereocenters. The average Bonchev–Trinajstić information content (AvgIpc) is 3.73. The van der Waals surface area contributed by atoms with Gasteiger partial charge in [-0.1, -0.05) is 133 Å². The van der Waals surface area contributed by atoms with Crippen molar-refractivity contribution in [2.75, 3.05) is 4.90 Å². The Morgan fingerprint density at radius 3 is 1.34 bits per heavy atom. The van der Waals surface area contributed by atoms with Gasteiger partial charge < -0.3 is 9.32 Å². The van der Waals surface area contributed by atoms with Crippen LogP contribution in [0.4, 0.5) is 17.1 Å². The molecule has 0 aliphatic rings. The summed E-state index contributed by atoms with van der Waals surface area (Å²) < 4.78 is 270. The number of anilines is 3. The van der Waals surface area contributed by atoms with Crippen LogP contribution in [0.2, 0.25) is 0 Å². The standard InChI is InChI=1S/C45H33NO/c1-32-43-17-8-9-18-44(43)47-45(32)39-16-10-15-38(31-39)37-23-29-42(30-24-37)46(40-25-19-35(20-26-40)33-11-4-2-5-12-33)41-27-21-36(22-28-41)34-13-6-3-7-14-34/h2-31H,1H3/i2D,3D,4D,5D,6D,7D,8D,9D,10D,11D,12D,13D,14D,15D,16D,17D,18D,19D,20D,21D,22D,23D,24D,25D,26D,27D,28D,29D,30D,31D. The molecule has 0 fully saturated rings. The van der Waals surface area contributed by atoms with E-state index in [2.05, 4.69) is 0 Å². The Bertz CT molecular complexity index is 3730. The largest absolute Gasteiger partial charge is 0.456 e. The molecule has 8 aromatic rings. The summed E-state index contributed by atoms with van der Waals surface area (Å²) >= 11 is 0. The first-order valence-electron chi connectivity index (χ1n) is 28.6. The minimum atomic E-state index is -1.29. The molecule has 2 heteroatoms. The zero-order chi connectivity index (χ0) is 57.7. The van der Waals surface area contributed by atoms with E-state index in [0.717, 1.165) is 0 Å². The van der Waals surface area contributed by atoms with Gasteiger partial charge in [-0.2, -0.15) is 0 Å². The van der Waals surface area contributed by atoms with Crippen LogP contribution in [0.1, 0.15) is 46.7 Å². The topological polar surface area (TPSA) is 16.4 Å². The molecule has 1 heterocycles. The quantitative estimate of drug-likeness (QED) is 0.174. The number of nitrogens with zero attached hydrogens (tertiary/aromatic N) is 1. The second-order valence-electron chi connectivity index (χ2n) is 9.52. The van der Waals surface area contributed by atoms with Gasteiger partial charge in [0.1, 0.15) is 11.3 Å². The molecule has 0 aliphatic carbocycles. The highest BCUT2D eigenvalue weighted by molar-refractivity contribution is 5.88. The third-order valence-corrected chi connectivity index (χ3v) is 6.68. The number of furan rings is 1. The Kier molecular flexibility index (Phi) is 2.82. The van der Waals surface area contributed by atoms with Gasteiger partial charge in [0.2, 0.25) is 0 Å². The van der Waals surface area contributed by atoms with E-state index in [1.165, 1.54) is 6.92 Å². The number of aryl methyl sites for hydroxylation is 1. The zero-order valence-electron chi connectivity index (χ0n) is 53.9. The van der Waals surface area contributed by atoms with Crippen LogP contribution in [0.5, 0.6) is 0 Å². The van der Waals surface area contributed by atoms with Gasteiger partial charge in [0.05, 0.1) is 41.1 Å². The molecule has 0 amide bonds. The molecule has 0 saturated carbocycles. The third-order valence-electron chi connectivity index (χ3n) is 6.68. The molecule has 0 saturated heterocycles. The maximum Gasteiger partial charge on any atom is 0.138 e. The molecular formula is C45H33NO. The highest BCUT2D eigenvalue weighted by Crippen LogP contribution is 2.39. The number of para-hydroxylation sites is 1. The molecule has 8 rings (SSSR count). The lowest BCUT2D eigenvalue weighted by atomic mass is 9.99. The van der Waals surface area contributed by atoms with Crippen molar-refractivity contribution in [3.05, 3.63) is 187 Å². The van der Waals surface area contributed by atoms with E-state index < -0.39 is 249 Å². The van der Waals surface area contributed by atoms with Gasteiger partial charge in [0.15, 0.2) is 0 Å². The van der Waals surface area contributed by atoms with Crippen molar-refractivity contribution in [3.63, 3.8) is 0 Å². The van der Waals surface area contributed by atoms with Crippen molar-refractivity contribution < 1.29 is 45.5 Å². The predicted molar refractivity (Wildman–Crippen MR) is 197 cm³/mol. The predicted octanol–water partition coefficient (Wildman–Crippen LogP) is 12.9. The van der Waals surface area contributed by atoms with E-state index in [1.54, 1.807) is 0 Å². The van der Waals surface area contributed by atoms with E-state index in [4.69, 9.17) is 33.2 Å². The SMILES string of the molecule is [2H]c1c([2H])c([2H])c(-c2c([2H])c([2H])c(N(c3c([2H])c([2H])c(-c4c([2H])c([2H])c([2H])c([2H])c4[2H])c([2H])c3[2H])c3c([2H])c([2H])c(-c4c([2H])c([2H])c([2H])c(-c5oc6c([2H])c([2H])c([2H])c([2H])c6c5C)c4[2H])c([2H])c3[2H])c([2H])c2[2H])c([2H])c1[2H]. The van der Waals surface area contributed by atoms with E-state index in [1.807, 2.05) is 0 Å². The molecule has 0 spiro atoms. The summed E-state index contributed by atoms with van der Waals surface area (Å²) in [7, 11) is 0. The van der Waals surface area contributed by atoms with Crippen LogP contribution in [0, 0.1) is 6.92 Å². The molecule has 0 aliphatic heterocycles. The van der Waals surface area contributed by atoms with Gasteiger partial charge in [-0.25, -0.2) is 0 Å². The fourth-order valence-corrected chi connectivity index (χ4v) is 4.47. The fraction of sp³-hybridized carbons (Fsp3) is 0.0222. The third kappa shape index (κ3) is 5.62. The Labute approximate surface area is 318 Å². The number of fused-ring (bicyclic) bond motifs is 1. The summed E-state index contributed by atoms with van der Waals surface area (Å²) in [5.41, 5.74) is -9.80. The van der Waals surface area contributed by atoms with Crippen LogP contribution in [-0.4, -0.2) is 0 Å². The lowest BCUT2D eigenvalue weighted by molar-refractivity contribution is 0.629. The van der Waals surface area contributed by atoms with Gasteiger partial charge in [-0.15, -0.1) is 0 Å². The zero-order valence-corrected chi connectivity index (χ0v) is 23.9. The van der Waals surface area contributed by atoms with Crippen LogP contribution in [0.25, 0.3) is 55.7 Å². The first-order valence-corrected chi connectivity index (χ1v) is 13.6. The van der Waals surface area contributed by atoms with Crippen molar-refractivity contribution in [3.8, 4) is 44.7 Å². The molecule has 224 valence electrons. The molecule has 1 aromatic heterocycles. The summed E-state index contributed by atoms with van der Waals surface area (Å²) in [4.78, 5) is 0.288. The smallest absolute Gasteiger partial charge is 0.138 e. The number of hydrogen-bond donors (Lipinski definition) is 0. The van der Waals surface area contributed by atoms with Crippen molar-refractivity contribution in [1.82, 2.24) is 0 Å². The number of hydrogen-bond acceptors (Lipinski definition) is 2. The van der Waals surface area contributed by atoms with E-state index in [0.29, 0.717) is 0 Å². The molecular weight excluding hydrogens is 571 g/mol. The fourth-order valence-electron chi connectivity index (χ4n) is 4.47. The van der Waals surface area contributed by atoms with Gasteiger partial charge in [-0.3, -0.25) is 0 Å². The molecule has 7 aromatic carbocycles. The Morgan fingerprint density at radius 1 is 0.404 bits per heavy atom. The lowest BCUT2D eigenvalue weighted by Gasteiger charge is -2.26. The van der Waals surface area contributed by atoms with Gasteiger partial charge in [-0.05, 0) is 88.6 Å². The summed E-state index contributed by atoms with van der Waals surface area (Å²) in [6.07, 6.45) is 0. The molecule has 0 radical (unpaired) electrons.